The van der Waals surface area contributed by atoms with Crippen molar-refractivity contribution in [2.45, 2.75) is 19.9 Å². The van der Waals surface area contributed by atoms with Crippen LogP contribution >= 0.6 is 0 Å². The number of carbonyl (C=O) groups is 3. The first-order chi connectivity index (χ1) is 6.70. The minimum Gasteiger partial charge on any atom is -0.328 e. The van der Waals surface area contributed by atoms with Crippen molar-refractivity contribution >= 4 is 18.1 Å². The molecule has 1 aliphatic rings. The molecule has 2 amide bonds. The predicted molar refractivity (Wildman–Crippen MR) is 51.2 cm³/mol. The lowest BCUT2D eigenvalue weighted by atomic mass is 10.3. The third kappa shape index (κ3) is 2.50. The highest BCUT2D eigenvalue weighted by atomic mass is 16.2. The summed E-state index contributed by atoms with van der Waals surface area (Å²) in [5, 5.41) is 0. The zero-order chi connectivity index (χ0) is 11.1. The molecule has 0 saturated carbocycles. The number of rotatable bonds is 3. The highest BCUT2D eigenvalue weighted by molar-refractivity contribution is 6.14. The summed E-state index contributed by atoms with van der Waals surface area (Å²) in [6.07, 6.45) is 2.73. The molecule has 0 aromatic rings. The number of hydrogen-bond donors (Lipinski definition) is 1. The molecule has 1 unspecified atom stereocenters. The van der Waals surface area contributed by atoms with Crippen LogP contribution in [0.4, 0.5) is 0 Å². The Morgan fingerprint density at radius 2 is 1.79 bits per heavy atom. The van der Waals surface area contributed by atoms with Crippen LogP contribution in [-0.4, -0.2) is 35.6 Å². The Morgan fingerprint density at radius 3 is 2.07 bits per heavy atom. The standard InChI is InChI=1S/C7H8N2O3.C2H6/c8-3-5(4-10)9-6(11)1-2-7(9)12;1-2/h1-2,4-5H,3,8H2;1-2H3. The molecular formula is C9H14N2O3. The molecule has 1 aliphatic heterocycles. The molecule has 5 nitrogen and oxygen atoms in total. The highest BCUT2D eigenvalue weighted by Gasteiger charge is 2.29. The fraction of sp³-hybridized carbons (Fsp3) is 0.444. The van der Waals surface area contributed by atoms with E-state index in [9.17, 15) is 14.4 Å². The normalized spacial score (nSPS) is 16.4. The summed E-state index contributed by atoms with van der Waals surface area (Å²) in [5.74, 6) is -0.967. The Kier molecular flexibility index (Phi) is 5.40. The smallest absolute Gasteiger partial charge is 0.254 e. The highest BCUT2D eigenvalue weighted by Crippen LogP contribution is 2.06. The van der Waals surface area contributed by atoms with E-state index >= 15 is 0 Å². The molecule has 1 rings (SSSR count). The van der Waals surface area contributed by atoms with Gasteiger partial charge in [-0.3, -0.25) is 14.5 Å². The van der Waals surface area contributed by atoms with Crippen LogP contribution in [-0.2, 0) is 14.4 Å². The molecule has 0 aromatic carbocycles. The van der Waals surface area contributed by atoms with E-state index in [1.165, 1.54) is 0 Å². The molecule has 78 valence electrons. The van der Waals surface area contributed by atoms with Crippen LogP contribution in [0, 0.1) is 0 Å². The van der Waals surface area contributed by atoms with E-state index in [4.69, 9.17) is 5.73 Å². The molecule has 0 spiro atoms. The second-order valence-electron chi connectivity index (χ2n) is 2.32. The molecule has 0 radical (unpaired) electrons. The van der Waals surface area contributed by atoms with E-state index < -0.39 is 17.9 Å². The molecule has 0 saturated heterocycles. The van der Waals surface area contributed by atoms with Crippen molar-refractivity contribution in [3.8, 4) is 0 Å². The van der Waals surface area contributed by atoms with Crippen LogP contribution in [0.2, 0.25) is 0 Å². The zero-order valence-corrected chi connectivity index (χ0v) is 8.27. The van der Waals surface area contributed by atoms with Crippen LogP contribution in [0.5, 0.6) is 0 Å². The van der Waals surface area contributed by atoms with Gasteiger partial charge in [-0.15, -0.1) is 0 Å². The van der Waals surface area contributed by atoms with Crippen molar-refractivity contribution in [2.75, 3.05) is 6.54 Å². The Balaban J connectivity index is 0.000000791. The van der Waals surface area contributed by atoms with Crippen LogP contribution in [0.3, 0.4) is 0 Å². The lowest BCUT2D eigenvalue weighted by Crippen LogP contribution is -2.45. The van der Waals surface area contributed by atoms with E-state index in [0.29, 0.717) is 6.29 Å². The lowest BCUT2D eigenvalue weighted by Gasteiger charge is -2.18. The summed E-state index contributed by atoms with van der Waals surface area (Å²) >= 11 is 0. The van der Waals surface area contributed by atoms with Gasteiger partial charge in [-0.2, -0.15) is 0 Å². The zero-order valence-electron chi connectivity index (χ0n) is 8.27. The van der Waals surface area contributed by atoms with Gasteiger partial charge in [0.05, 0.1) is 0 Å². The van der Waals surface area contributed by atoms with Gasteiger partial charge in [0.15, 0.2) is 0 Å². The van der Waals surface area contributed by atoms with Crippen molar-refractivity contribution in [1.29, 1.82) is 0 Å². The van der Waals surface area contributed by atoms with Gasteiger partial charge in [-0.05, 0) is 0 Å². The Hall–Kier alpha value is -1.49. The largest absolute Gasteiger partial charge is 0.328 e. The number of aldehydes is 1. The summed E-state index contributed by atoms with van der Waals surface area (Å²) < 4.78 is 0. The topological polar surface area (TPSA) is 80.5 Å². The summed E-state index contributed by atoms with van der Waals surface area (Å²) in [6, 6.07) is -0.833. The average Bonchev–Trinajstić information content (AvgIpc) is 2.54. The van der Waals surface area contributed by atoms with Crippen LogP contribution in [0.25, 0.3) is 0 Å². The number of carbonyl (C=O) groups excluding carboxylic acids is 3. The molecule has 5 heteroatoms. The first-order valence-corrected chi connectivity index (χ1v) is 4.41. The molecule has 0 aliphatic carbocycles. The summed E-state index contributed by atoms with van der Waals surface area (Å²) in [5.41, 5.74) is 5.18. The second-order valence-corrected chi connectivity index (χ2v) is 2.32. The molecule has 1 atom stereocenters. The van der Waals surface area contributed by atoms with E-state index in [2.05, 4.69) is 0 Å². The Labute approximate surface area is 82.6 Å². The summed E-state index contributed by atoms with van der Waals surface area (Å²) in [7, 11) is 0. The molecule has 14 heavy (non-hydrogen) atoms. The van der Waals surface area contributed by atoms with Crippen LogP contribution < -0.4 is 5.73 Å². The molecule has 2 N–H and O–H groups in total. The molecule has 1 heterocycles. The SMILES string of the molecule is CC.NCC(C=O)N1C(=O)C=CC1=O. The average molecular weight is 198 g/mol. The number of imide groups is 1. The van der Waals surface area contributed by atoms with E-state index in [-0.39, 0.29) is 6.54 Å². The van der Waals surface area contributed by atoms with Gasteiger partial charge in [0.1, 0.15) is 12.3 Å². The quantitative estimate of drug-likeness (QED) is 0.488. The van der Waals surface area contributed by atoms with Gasteiger partial charge in [0.25, 0.3) is 11.8 Å². The number of amides is 2. The van der Waals surface area contributed by atoms with Gasteiger partial charge in [0.2, 0.25) is 0 Å². The van der Waals surface area contributed by atoms with Gasteiger partial charge in [-0.1, -0.05) is 13.8 Å². The number of nitrogens with zero attached hydrogens (tertiary/aromatic N) is 1. The maximum atomic E-state index is 10.9. The molecular weight excluding hydrogens is 184 g/mol. The number of hydrogen-bond acceptors (Lipinski definition) is 4. The van der Waals surface area contributed by atoms with Crippen molar-refractivity contribution in [1.82, 2.24) is 4.90 Å². The van der Waals surface area contributed by atoms with Crippen molar-refractivity contribution < 1.29 is 14.4 Å². The lowest BCUT2D eigenvalue weighted by molar-refractivity contribution is -0.141. The Morgan fingerprint density at radius 1 is 1.36 bits per heavy atom. The van der Waals surface area contributed by atoms with Gasteiger partial charge in [-0.25, -0.2) is 0 Å². The van der Waals surface area contributed by atoms with E-state index in [1.54, 1.807) is 0 Å². The second kappa shape index (κ2) is 6.04. The van der Waals surface area contributed by atoms with Crippen molar-refractivity contribution in [3.05, 3.63) is 12.2 Å². The number of nitrogens with two attached hydrogens (primary N) is 1. The monoisotopic (exact) mass is 198 g/mol. The van der Waals surface area contributed by atoms with Crippen LogP contribution in [0.15, 0.2) is 12.2 Å². The molecule has 0 bridgehead atoms. The fourth-order valence-electron chi connectivity index (χ4n) is 0.960. The van der Waals surface area contributed by atoms with Crippen molar-refractivity contribution in [3.63, 3.8) is 0 Å². The fourth-order valence-corrected chi connectivity index (χ4v) is 0.960. The first kappa shape index (κ1) is 12.5. The van der Waals surface area contributed by atoms with E-state index in [0.717, 1.165) is 17.1 Å². The molecule has 0 fully saturated rings. The van der Waals surface area contributed by atoms with Crippen LogP contribution in [0.1, 0.15) is 13.8 Å². The van der Waals surface area contributed by atoms with Gasteiger partial charge in [0, 0.05) is 18.7 Å². The maximum absolute atomic E-state index is 10.9. The van der Waals surface area contributed by atoms with Gasteiger partial charge < -0.3 is 10.5 Å². The predicted octanol–water partition coefficient (Wildman–Crippen LogP) is -0.536. The third-order valence-corrected chi connectivity index (χ3v) is 1.57. The summed E-state index contributed by atoms with van der Waals surface area (Å²) in [4.78, 5) is 33.1. The first-order valence-electron chi connectivity index (χ1n) is 4.41. The Bertz CT molecular complexity index is 243. The van der Waals surface area contributed by atoms with E-state index in [1.807, 2.05) is 13.8 Å². The van der Waals surface area contributed by atoms with Crippen molar-refractivity contribution in [2.24, 2.45) is 5.73 Å². The minimum absolute atomic E-state index is 0.0390. The summed E-state index contributed by atoms with van der Waals surface area (Å²) in [6.45, 7) is 3.96. The van der Waals surface area contributed by atoms with Gasteiger partial charge >= 0.3 is 0 Å². The minimum atomic E-state index is -0.833. The third-order valence-electron chi connectivity index (χ3n) is 1.57. The molecule has 0 aromatic heterocycles. The maximum Gasteiger partial charge on any atom is 0.254 e.